The van der Waals surface area contributed by atoms with Gasteiger partial charge in [0.15, 0.2) is 9.84 Å². The average molecular weight is 208 g/mol. The second-order valence-corrected chi connectivity index (χ2v) is 5.42. The maximum absolute atomic E-state index is 11.0. The Morgan fingerprint density at radius 2 is 1.92 bits per heavy atom. The van der Waals surface area contributed by atoms with Crippen LogP contribution in [0.3, 0.4) is 0 Å². The zero-order valence-electron chi connectivity index (χ0n) is 8.24. The highest BCUT2D eigenvalue weighted by Gasteiger charge is 2.10. The SMILES string of the molecule is CC(C)OCCC(=O)CS(C)(=O)=O. The quantitative estimate of drug-likeness (QED) is 0.634. The number of hydrogen-bond acceptors (Lipinski definition) is 4. The number of Topliss-reactive ketones (excluding diaryl/α,β-unsaturated/α-hetero) is 1. The molecule has 0 aromatic carbocycles. The third kappa shape index (κ3) is 9.49. The lowest BCUT2D eigenvalue weighted by Gasteiger charge is -2.05. The van der Waals surface area contributed by atoms with Crippen molar-refractivity contribution in [3.63, 3.8) is 0 Å². The Morgan fingerprint density at radius 3 is 2.31 bits per heavy atom. The monoisotopic (exact) mass is 208 g/mol. The van der Waals surface area contributed by atoms with E-state index in [0.717, 1.165) is 6.26 Å². The fourth-order valence-electron chi connectivity index (χ4n) is 0.773. The highest BCUT2D eigenvalue weighted by molar-refractivity contribution is 7.91. The Kier molecular flexibility index (Phi) is 5.17. The third-order valence-electron chi connectivity index (χ3n) is 1.26. The van der Waals surface area contributed by atoms with Crippen LogP contribution in [0.4, 0.5) is 0 Å². The fraction of sp³-hybridized carbons (Fsp3) is 0.875. The molecule has 0 atom stereocenters. The molecule has 0 saturated carbocycles. The van der Waals surface area contributed by atoms with E-state index in [2.05, 4.69) is 0 Å². The highest BCUT2D eigenvalue weighted by Crippen LogP contribution is 1.94. The molecule has 0 aliphatic rings. The van der Waals surface area contributed by atoms with Crippen molar-refractivity contribution < 1.29 is 17.9 Å². The summed E-state index contributed by atoms with van der Waals surface area (Å²) in [6.45, 7) is 4.02. The molecule has 0 rings (SSSR count). The molecule has 0 aliphatic heterocycles. The largest absolute Gasteiger partial charge is 0.378 e. The van der Waals surface area contributed by atoms with E-state index in [1.807, 2.05) is 13.8 Å². The average Bonchev–Trinajstić information content (AvgIpc) is 1.81. The van der Waals surface area contributed by atoms with Crippen molar-refractivity contribution in [2.24, 2.45) is 0 Å². The van der Waals surface area contributed by atoms with E-state index in [1.54, 1.807) is 0 Å². The Bertz CT molecular complexity index is 253. The maximum Gasteiger partial charge on any atom is 0.154 e. The first-order valence-corrected chi connectivity index (χ1v) is 6.18. The third-order valence-corrected chi connectivity index (χ3v) is 2.10. The van der Waals surface area contributed by atoms with Crippen molar-refractivity contribution in [2.75, 3.05) is 18.6 Å². The Balaban J connectivity index is 3.65. The zero-order valence-corrected chi connectivity index (χ0v) is 9.06. The van der Waals surface area contributed by atoms with Gasteiger partial charge >= 0.3 is 0 Å². The number of ether oxygens (including phenoxy) is 1. The molecule has 0 aromatic heterocycles. The van der Waals surface area contributed by atoms with E-state index in [9.17, 15) is 13.2 Å². The van der Waals surface area contributed by atoms with Gasteiger partial charge in [0.05, 0.1) is 12.7 Å². The van der Waals surface area contributed by atoms with E-state index in [4.69, 9.17) is 4.74 Å². The van der Waals surface area contributed by atoms with E-state index >= 15 is 0 Å². The van der Waals surface area contributed by atoms with E-state index < -0.39 is 9.84 Å². The van der Waals surface area contributed by atoms with Crippen molar-refractivity contribution >= 4 is 15.6 Å². The molecule has 0 aliphatic carbocycles. The van der Waals surface area contributed by atoms with Gasteiger partial charge < -0.3 is 4.74 Å². The van der Waals surface area contributed by atoms with Crippen LogP contribution in [0, 0.1) is 0 Å². The van der Waals surface area contributed by atoms with Crippen molar-refractivity contribution in [2.45, 2.75) is 26.4 Å². The molecule has 0 heterocycles. The summed E-state index contributed by atoms with van der Waals surface area (Å²) in [5.41, 5.74) is 0. The van der Waals surface area contributed by atoms with E-state index in [-0.39, 0.29) is 24.1 Å². The molecule has 13 heavy (non-hydrogen) atoms. The molecule has 0 N–H and O–H groups in total. The summed E-state index contributed by atoms with van der Waals surface area (Å²) in [7, 11) is -3.18. The van der Waals surface area contributed by atoms with Gasteiger partial charge in [0, 0.05) is 12.7 Å². The first-order valence-electron chi connectivity index (χ1n) is 4.12. The molecular formula is C8H16O4S. The number of sulfone groups is 1. The van der Waals surface area contributed by atoms with Gasteiger partial charge in [-0.1, -0.05) is 0 Å². The normalized spacial score (nSPS) is 12.0. The van der Waals surface area contributed by atoms with Gasteiger partial charge in [-0.2, -0.15) is 0 Å². The van der Waals surface area contributed by atoms with Gasteiger partial charge in [0.2, 0.25) is 0 Å². The van der Waals surface area contributed by atoms with Gasteiger partial charge in [-0.05, 0) is 13.8 Å². The molecule has 0 radical (unpaired) electrons. The highest BCUT2D eigenvalue weighted by atomic mass is 32.2. The molecule has 0 aromatic rings. The van der Waals surface area contributed by atoms with Crippen LogP contribution in [0.2, 0.25) is 0 Å². The first kappa shape index (κ1) is 12.6. The number of carbonyl (C=O) groups excluding carboxylic acids is 1. The van der Waals surface area contributed by atoms with Gasteiger partial charge in [-0.3, -0.25) is 4.79 Å². The van der Waals surface area contributed by atoms with Crippen molar-refractivity contribution in [1.82, 2.24) is 0 Å². The minimum Gasteiger partial charge on any atom is -0.378 e. The molecule has 0 unspecified atom stereocenters. The van der Waals surface area contributed by atoms with Crippen LogP contribution in [-0.2, 0) is 19.4 Å². The van der Waals surface area contributed by atoms with Crippen LogP contribution >= 0.6 is 0 Å². The number of ketones is 1. The van der Waals surface area contributed by atoms with E-state index in [0.29, 0.717) is 6.61 Å². The maximum atomic E-state index is 11.0. The van der Waals surface area contributed by atoms with Crippen molar-refractivity contribution in [3.8, 4) is 0 Å². The summed E-state index contributed by atoms with van der Waals surface area (Å²) >= 11 is 0. The minimum absolute atomic E-state index is 0.0750. The molecule has 0 spiro atoms. The Hall–Kier alpha value is -0.420. The van der Waals surface area contributed by atoms with Crippen LogP contribution in [0.5, 0.6) is 0 Å². The van der Waals surface area contributed by atoms with Gasteiger partial charge in [0.1, 0.15) is 11.5 Å². The van der Waals surface area contributed by atoms with Crippen molar-refractivity contribution in [1.29, 1.82) is 0 Å². The zero-order chi connectivity index (χ0) is 10.5. The molecule has 0 saturated heterocycles. The Morgan fingerprint density at radius 1 is 1.38 bits per heavy atom. The predicted octanol–water partition coefficient (Wildman–Crippen LogP) is 0.415. The van der Waals surface area contributed by atoms with Crippen LogP contribution in [-0.4, -0.2) is 38.9 Å². The van der Waals surface area contributed by atoms with E-state index in [1.165, 1.54) is 0 Å². The number of rotatable bonds is 6. The van der Waals surface area contributed by atoms with Crippen molar-refractivity contribution in [3.05, 3.63) is 0 Å². The second kappa shape index (κ2) is 5.34. The van der Waals surface area contributed by atoms with Crippen LogP contribution in [0.25, 0.3) is 0 Å². The number of hydrogen-bond donors (Lipinski definition) is 0. The van der Waals surface area contributed by atoms with Gasteiger partial charge in [-0.25, -0.2) is 8.42 Å². The lowest BCUT2D eigenvalue weighted by molar-refractivity contribution is -0.118. The topological polar surface area (TPSA) is 60.4 Å². The molecule has 4 nitrogen and oxygen atoms in total. The number of carbonyl (C=O) groups is 1. The first-order chi connectivity index (χ1) is 5.81. The summed E-state index contributed by atoms with van der Waals surface area (Å²) in [5.74, 6) is -0.669. The molecule has 78 valence electrons. The lowest BCUT2D eigenvalue weighted by Crippen LogP contribution is -2.17. The summed E-state index contributed by atoms with van der Waals surface area (Å²) in [4.78, 5) is 11.0. The van der Waals surface area contributed by atoms with Gasteiger partial charge in [-0.15, -0.1) is 0 Å². The summed E-state index contributed by atoms with van der Waals surface area (Å²) in [6.07, 6.45) is 1.30. The molecule has 5 heteroatoms. The second-order valence-electron chi connectivity index (χ2n) is 3.28. The standard InChI is InChI=1S/C8H16O4S/c1-7(2)12-5-4-8(9)6-13(3,10)11/h7H,4-6H2,1-3H3. The summed E-state index contributed by atoms with van der Waals surface area (Å²) < 4.78 is 26.5. The lowest BCUT2D eigenvalue weighted by atomic mass is 10.3. The molecule has 0 fully saturated rings. The van der Waals surface area contributed by atoms with Crippen LogP contribution in [0.15, 0.2) is 0 Å². The van der Waals surface area contributed by atoms with Crippen LogP contribution < -0.4 is 0 Å². The van der Waals surface area contributed by atoms with Gasteiger partial charge in [0.25, 0.3) is 0 Å². The smallest absolute Gasteiger partial charge is 0.154 e. The Labute approximate surface area is 79.2 Å². The minimum atomic E-state index is -3.18. The van der Waals surface area contributed by atoms with Crippen LogP contribution in [0.1, 0.15) is 20.3 Å². The summed E-state index contributed by atoms with van der Waals surface area (Å²) in [5, 5.41) is 0. The molecule has 0 amide bonds. The summed E-state index contributed by atoms with van der Waals surface area (Å²) in [6, 6.07) is 0. The molecule has 0 bridgehead atoms. The molecular weight excluding hydrogens is 192 g/mol. The fourth-order valence-corrected chi connectivity index (χ4v) is 1.50. The predicted molar refractivity (Wildman–Crippen MR) is 50.4 cm³/mol.